The molecule has 0 bridgehead atoms. The Balaban J connectivity index is 1.64. The van der Waals surface area contributed by atoms with E-state index < -0.39 is 17.6 Å². The summed E-state index contributed by atoms with van der Waals surface area (Å²) >= 11 is 0. The SMILES string of the molecule is Cc1cc(C(=O)NNC(=O)c2ccc(F)cc2)ccc1N1CCNC1=O. The summed E-state index contributed by atoms with van der Waals surface area (Å²) in [6.07, 6.45) is 0. The quantitative estimate of drug-likeness (QED) is 0.732. The van der Waals surface area contributed by atoms with Crippen molar-refractivity contribution in [1.29, 1.82) is 0 Å². The molecule has 1 heterocycles. The number of hydrogen-bond donors (Lipinski definition) is 3. The van der Waals surface area contributed by atoms with Gasteiger partial charge in [-0.1, -0.05) is 0 Å². The summed E-state index contributed by atoms with van der Waals surface area (Å²) in [4.78, 5) is 37.5. The highest BCUT2D eigenvalue weighted by Gasteiger charge is 2.23. The van der Waals surface area contributed by atoms with Gasteiger partial charge in [0.2, 0.25) is 0 Å². The first kappa shape index (κ1) is 17.4. The molecule has 1 aliphatic rings. The Hall–Kier alpha value is -3.42. The molecular weight excluding hydrogens is 339 g/mol. The van der Waals surface area contributed by atoms with Crippen molar-refractivity contribution >= 4 is 23.5 Å². The topological polar surface area (TPSA) is 90.5 Å². The number of amides is 4. The van der Waals surface area contributed by atoms with Crippen LogP contribution in [0.2, 0.25) is 0 Å². The van der Waals surface area contributed by atoms with Gasteiger partial charge < -0.3 is 5.32 Å². The van der Waals surface area contributed by atoms with Crippen molar-refractivity contribution < 1.29 is 18.8 Å². The predicted octanol–water partition coefficient (Wildman–Crippen LogP) is 1.74. The van der Waals surface area contributed by atoms with Crippen LogP contribution in [0.25, 0.3) is 0 Å². The summed E-state index contributed by atoms with van der Waals surface area (Å²) in [5.41, 5.74) is 6.64. The minimum absolute atomic E-state index is 0.170. The van der Waals surface area contributed by atoms with Crippen LogP contribution in [0, 0.1) is 12.7 Å². The van der Waals surface area contributed by atoms with Crippen LogP contribution in [0.4, 0.5) is 14.9 Å². The Labute approximate surface area is 149 Å². The number of halogens is 1. The molecule has 1 fully saturated rings. The van der Waals surface area contributed by atoms with E-state index in [-0.39, 0.29) is 11.6 Å². The Bertz CT molecular complexity index is 867. The number of hydrazine groups is 1. The second-order valence-corrected chi connectivity index (χ2v) is 5.80. The highest BCUT2D eigenvalue weighted by atomic mass is 19.1. The van der Waals surface area contributed by atoms with E-state index in [1.54, 1.807) is 30.0 Å². The minimum atomic E-state index is -0.555. The zero-order chi connectivity index (χ0) is 18.7. The van der Waals surface area contributed by atoms with Crippen molar-refractivity contribution in [3.8, 4) is 0 Å². The number of carbonyl (C=O) groups is 3. The first-order valence-corrected chi connectivity index (χ1v) is 7.98. The van der Waals surface area contributed by atoms with E-state index in [9.17, 15) is 18.8 Å². The Morgan fingerprint density at radius 1 is 1.04 bits per heavy atom. The van der Waals surface area contributed by atoms with Crippen molar-refractivity contribution in [3.63, 3.8) is 0 Å². The predicted molar refractivity (Wildman–Crippen MR) is 93.3 cm³/mol. The molecule has 7 nitrogen and oxygen atoms in total. The van der Waals surface area contributed by atoms with Crippen LogP contribution in [-0.2, 0) is 0 Å². The number of aryl methyl sites for hydroxylation is 1. The average Bonchev–Trinajstić information content (AvgIpc) is 3.05. The van der Waals surface area contributed by atoms with Gasteiger partial charge in [0.05, 0.1) is 0 Å². The molecule has 0 aromatic heterocycles. The fraction of sp³-hybridized carbons (Fsp3) is 0.167. The highest BCUT2D eigenvalue weighted by molar-refractivity contribution is 6.00. The number of rotatable bonds is 3. The lowest BCUT2D eigenvalue weighted by atomic mass is 10.1. The smallest absolute Gasteiger partial charge is 0.322 e. The van der Waals surface area contributed by atoms with E-state index in [0.717, 1.165) is 23.4 Å². The lowest BCUT2D eigenvalue weighted by Crippen LogP contribution is -2.41. The number of anilines is 1. The molecule has 3 rings (SSSR count). The maximum absolute atomic E-state index is 12.9. The van der Waals surface area contributed by atoms with E-state index in [1.165, 1.54) is 12.1 Å². The maximum atomic E-state index is 12.9. The Morgan fingerprint density at radius 2 is 1.65 bits per heavy atom. The summed E-state index contributed by atoms with van der Waals surface area (Å²) < 4.78 is 12.9. The van der Waals surface area contributed by atoms with Gasteiger partial charge in [0.15, 0.2) is 0 Å². The van der Waals surface area contributed by atoms with Crippen molar-refractivity contribution in [1.82, 2.24) is 16.2 Å². The molecule has 0 aliphatic carbocycles. The van der Waals surface area contributed by atoms with Crippen molar-refractivity contribution in [2.24, 2.45) is 0 Å². The molecule has 2 aromatic rings. The first-order valence-electron chi connectivity index (χ1n) is 7.98. The lowest BCUT2D eigenvalue weighted by molar-refractivity contribution is 0.0846. The van der Waals surface area contributed by atoms with Gasteiger partial charge in [0.1, 0.15) is 5.82 Å². The van der Waals surface area contributed by atoms with Gasteiger partial charge in [-0.25, -0.2) is 9.18 Å². The van der Waals surface area contributed by atoms with Crippen LogP contribution in [0.15, 0.2) is 42.5 Å². The molecule has 4 amide bonds. The van der Waals surface area contributed by atoms with E-state index >= 15 is 0 Å². The van der Waals surface area contributed by atoms with Gasteiger partial charge >= 0.3 is 6.03 Å². The molecular formula is C18H17FN4O3. The van der Waals surface area contributed by atoms with Gasteiger partial charge in [-0.05, 0) is 55.0 Å². The molecule has 2 aromatic carbocycles. The number of hydrogen-bond acceptors (Lipinski definition) is 3. The molecule has 8 heteroatoms. The van der Waals surface area contributed by atoms with Crippen molar-refractivity contribution in [2.75, 3.05) is 18.0 Å². The fourth-order valence-electron chi connectivity index (χ4n) is 2.66. The third-order valence-corrected chi connectivity index (χ3v) is 4.00. The van der Waals surface area contributed by atoms with Gasteiger partial charge in [0, 0.05) is 29.9 Å². The number of nitrogens with one attached hydrogen (secondary N) is 3. The van der Waals surface area contributed by atoms with Crippen LogP contribution < -0.4 is 21.1 Å². The van der Waals surface area contributed by atoms with E-state index in [0.29, 0.717) is 18.7 Å². The molecule has 1 aliphatic heterocycles. The molecule has 0 atom stereocenters. The third-order valence-electron chi connectivity index (χ3n) is 4.00. The molecule has 1 saturated heterocycles. The lowest BCUT2D eigenvalue weighted by Gasteiger charge is -2.17. The zero-order valence-electron chi connectivity index (χ0n) is 14.0. The zero-order valence-corrected chi connectivity index (χ0v) is 14.0. The second kappa shape index (κ2) is 7.22. The van der Waals surface area contributed by atoms with Crippen LogP contribution in [0.3, 0.4) is 0 Å². The van der Waals surface area contributed by atoms with Crippen molar-refractivity contribution in [3.05, 3.63) is 65.0 Å². The maximum Gasteiger partial charge on any atom is 0.322 e. The molecule has 134 valence electrons. The highest BCUT2D eigenvalue weighted by Crippen LogP contribution is 2.22. The van der Waals surface area contributed by atoms with Gasteiger partial charge in [0.25, 0.3) is 11.8 Å². The van der Waals surface area contributed by atoms with Crippen LogP contribution in [0.1, 0.15) is 26.3 Å². The molecule has 0 spiro atoms. The summed E-state index contributed by atoms with van der Waals surface area (Å²) in [6, 6.07) is 9.69. The largest absolute Gasteiger partial charge is 0.336 e. The van der Waals surface area contributed by atoms with E-state index in [2.05, 4.69) is 16.2 Å². The summed E-state index contributed by atoms with van der Waals surface area (Å²) in [7, 11) is 0. The summed E-state index contributed by atoms with van der Waals surface area (Å²) in [5, 5.41) is 2.72. The molecule has 26 heavy (non-hydrogen) atoms. The Morgan fingerprint density at radius 3 is 2.23 bits per heavy atom. The van der Waals surface area contributed by atoms with E-state index in [1.807, 2.05) is 0 Å². The summed E-state index contributed by atoms with van der Waals surface area (Å²) in [5.74, 6) is -1.51. The van der Waals surface area contributed by atoms with Gasteiger partial charge in [-0.2, -0.15) is 0 Å². The first-order chi connectivity index (χ1) is 12.5. The number of carbonyl (C=O) groups excluding carboxylic acids is 3. The molecule has 0 saturated carbocycles. The minimum Gasteiger partial charge on any atom is -0.336 e. The fourth-order valence-corrected chi connectivity index (χ4v) is 2.66. The third kappa shape index (κ3) is 3.64. The molecule has 0 radical (unpaired) electrons. The van der Waals surface area contributed by atoms with Gasteiger partial charge in [-0.3, -0.25) is 25.3 Å². The standard InChI is InChI=1S/C18H17FN4O3/c1-11-10-13(4-7-15(11)23-9-8-20-18(23)26)17(25)22-21-16(24)12-2-5-14(19)6-3-12/h2-7,10H,8-9H2,1H3,(H,20,26)(H,21,24)(H,22,25). The molecule has 3 N–H and O–H groups in total. The van der Waals surface area contributed by atoms with Crippen LogP contribution >= 0.6 is 0 Å². The number of urea groups is 1. The van der Waals surface area contributed by atoms with Gasteiger partial charge in [-0.15, -0.1) is 0 Å². The second-order valence-electron chi connectivity index (χ2n) is 5.80. The van der Waals surface area contributed by atoms with Crippen LogP contribution in [-0.4, -0.2) is 30.9 Å². The normalized spacial score (nSPS) is 13.3. The number of benzene rings is 2. The van der Waals surface area contributed by atoms with Crippen LogP contribution in [0.5, 0.6) is 0 Å². The number of nitrogens with zero attached hydrogens (tertiary/aromatic N) is 1. The van der Waals surface area contributed by atoms with Crippen molar-refractivity contribution in [2.45, 2.75) is 6.92 Å². The molecule has 0 unspecified atom stereocenters. The monoisotopic (exact) mass is 356 g/mol. The van der Waals surface area contributed by atoms with E-state index in [4.69, 9.17) is 0 Å². The Kier molecular flexibility index (Phi) is 4.83. The summed E-state index contributed by atoms with van der Waals surface area (Å²) in [6.45, 7) is 2.95. The average molecular weight is 356 g/mol.